The van der Waals surface area contributed by atoms with Crippen LogP contribution in [0.15, 0.2) is 12.1 Å². The minimum absolute atomic E-state index is 0.573. The largest absolute Gasteiger partial charge is 0.385 e. The Labute approximate surface area is 152 Å². The molecule has 0 aliphatic carbocycles. The molecule has 0 spiro atoms. The molecule has 1 aromatic carbocycles. The van der Waals surface area contributed by atoms with Gasteiger partial charge in [0, 0.05) is 42.1 Å². The number of anilines is 2. The van der Waals surface area contributed by atoms with Gasteiger partial charge in [-0.05, 0) is 41.1 Å². The smallest absolute Gasteiger partial charge is 0.0426 e. The first-order valence-electron chi connectivity index (χ1n) is 10.3. The summed E-state index contributed by atoms with van der Waals surface area (Å²) in [5.41, 5.74) is 8.04. The molecular formula is C20H36N2Si2. The standard InChI is InChI=1S/C20H36N2Si2/c1-5-23(6-2)16-11-15-9-10-19-18(20(15)22-14-16)12-17(13-21-19)24(7-3)8-4/h9-10,16-17,21-24H,5-8,11-14H2,1-4H3. The third kappa shape index (κ3) is 3.45. The first-order valence-corrected chi connectivity index (χ1v) is 14.9. The maximum absolute atomic E-state index is 3.90. The molecule has 0 saturated carbocycles. The molecule has 24 heavy (non-hydrogen) atoms. The number of fused-ring (bicyclic) bond motifs is 3. The zero-order chi connectivity index (χ0) is 17.1. The van der Waals surface area contributed by atoms with Crippen LogP contribution in [0.5, 0.6) is 0 Å². The minimum Gasteiger partial charge on any atom is -0.385 e. The number of benzene rings is 1. The summed E-state index contributed by atoms with van der Waals surface area (Å²) in [4.78, 5) is 0. The Morgan fingerprint density at radius 1 is 0.833 bits per heavy atom. The number of nitrogens with one attached hydrogen (secondary N) is 2. The van der Waals surface area contributed by atoms with Crippen molar-refractivity contribution in [1.29, 1.82) is 0 Å². The fourth-order valence-electron chi connectivity index (χ4n) is 5.20. The van der Waals surface area contributed by atoms with Crippen LogP contribution in [0, 0.1) is 0 Å². The van der Waals surface area contributed by atoms with Crippen LogP contribution in [-0.2, 0) is 12.8 Å². The molecule has 2 aliphatic heterocycles. The maximum atomic E-state index is 3.90. The Kier molecular flexibility index (Phi) is 6.09. The van der Waals surface area contributed by atoms with Gasteiger partial charge in [-0.2, -0.15) is 0 Å². The van der Waals surface area contributed by atoms with Crippen LogP contribution in [0.3, 0.4) is 0 Å². The zero-order valence-corrected chi connectivity index (χ0v) is 18.4. The maximum Gasteiger partial charge on any atom is 0.0426 e. The second-order valence-electron chi connectivity index (χ2n) is 7.97. The molecule has 2 unspecified atom stereocenters. The molecule has 0 aromatic heterocycles. The summed E-state index contributed by atoms with van der Waals surface area (Å²) in [5, 5.41) is 7.67. The van der Waals surface area contributed by atoms with Crippen molar-refractivity contribution in [3.05, 3.63) is 23.3 Å². The summed E-state index contributed by atoms with van der Waals surface area (Å²) >= 11 is 0. The molecule has 134 valence electrons. The van der Waals surface area contributed by atoms with Gasteiger partial charge in [0.1, 0.15) is 0 Å². The van der Waals surface area contributed by atoms with Gasteiger partial charge < -0.3 is 10.6 Å². The van der Waals surface area contributed by atoms with E-state index in [9.17, 15) is 0 Å². The van der Waals surface area contributed by atoms with Gasteiger partial charge in [-0.25, -0.2) is 0 Å². The van der Waals surface area contributed by atoms with E-state index in [1.54, 1.807) is 11.1 Å². The van der Waals surface area contributed by atoms with Gasteiger partial charge in [0.15, 0.2) is 0 Å². The molecule has 0 saturated heterocycles. The highest BCUT2D eigenvalue weighted by molar-refractivity contribution is 6.61. The molecule has 2 N–H and O–H groups in total. The van der Waals surface area contributed by atoms with Gasteiger partial charge in [-0.3, -0.25) is 0 Å². The van der Waals surface area contributed by atoms with Crippen LogP contribution in [0.1, 0.15) is 38.8 Å². The second kappa shape index (κ2) is 8.09. The average molecular weight is 361 g/mol. The van der Waals surface area contributed by atoms with Crippen molar-refractivity contribution in [3.8, 4) is 0 Å². The van der Waals surface area contributed by atoms with E-state index in [1.807, 2.05) is 0 Å². The van der Waals surface area contributed by atoms with Gasteiger partial charge in [-0.15, -0.1) is 0 Å². The van der Waals surface area contributed by atoms with Crippen LogP contribution in [0.4, 0.5) is 11.4 Å². The van der Waals surface area contributed by atoms with E-state index in [4.69, 9.17) is 0 Å². The number of hydrogen-bond acceptors (Lipinski definition) is 2. The third-order valence-electron chi connectivity index (χ3n) is 6.87. The number of rotatable bonds is 6. The lowest BCUT2D eigenvalue weighted by molar-refractivity contribution is 0.766. The molecule has 0 radical (unpaired) electrons. The summed E-state index contributed by atoms with van der Waals surface area (Å²) in [6.07, 6.45) is 2.66. The summed E-state index contributed by atoms with van der Waals surface area (Å²) in [6, 6.07) is 10.6. The Morgan fingerprint density at radius 2 is 1.42 bits per heavy atom. The molecule has 0 bridgehead atoms. The van der Waals surface area contributed by atoms with E-state index >= 15 is 0 Å². The Morgan fingerprint density at radius 3 is 2.04 bits per heavy atom. The predicted molar refractivity (Wildman–Crippen MR) is 115 cm³/mol. The minimum atomic E-state index is -0.593. The zero-order valence-electron chi connectivity index (χ0n) is 16.1. The lowest BCUT2D eigenvalue weighted by Crippen LogP contribution is -2.34. The van der Waals surface area contributed by atoms with Crippen molar-refractivity contribution in [3.63, 3.8) is 0 Å². The highest BCUT2D eigenvalue weighted by Crippen LogP contribution is 2.41. The molecule has 2 heterocycles. The van der Waals surface area contributed by atoms with Gasteiger partial charge in [0.2, 0.25) is 0 Å². The fraction of sp³-hybridized carbons (Fsp3) is 0.700. The van der Waals surface area contributed by atoms with Crippen molar-refractivity contribution in [2.24, 2.45) is 0 Å². The van der Waals surface area contributed by atoms with Crippen LogP contribution in [0.2, 0.25) is 35.3 Å². The number of hydrogen-bond donors (Lipinski definition) is 2. The Hall–Kier alpha value is -0.746. The van der Waals surface area contributed by atoms with Crippen molar-refractivity contribution >= 4 is 29.0 Å². The van der Waals surface area contributed by atoms with Crippen LogP contribution in [0.25, 0.3) is 0 Å². The first-order chi connectivity index (χ1) is 11.7. The molecule has 3 rings (SSSR count). The van der Waals surface area contributed by atoms with Crippen molar-refractivity contribution < 1.29 is 0 Å². The lowest BCUT2D eigenvalue weighted by atomic mass is 9.93. The quantitative estimate of drug-likeness (QED) is 0.705. The van der Waals surface area contributed by atoms with E-state index in [0.717, 1.165) is 11.1 Å². The van der Waals surface area contributed by atoms with E-state index < -0.39 is 17.6 Å². The molecule has 2 atom stereocenters. The molecular weight excluding hydrogens is 324 g/mol. The van der Waals surface area contributed by atoms with E-state index in [2.05, 4.69) is 50.5 Å². The van der Waals surface area contributed by atoms with Gasteiger partial charge in [-0.1, -0.05) is 57.9 Å². The normalized spacial score (nSPS) is 22.8. The van der Waals surface area contributed by atoms with Crippen molar-refractivity contribution in [1.82, 2.24) is 0 Å². The SMILES string of the molecule is CC[SiH](CC)C1CNc2c(ccc3c2CC([SiH](CC)CC)CN3)C1. The Balaban J connectivity index is 1.82. The van der Waals surface area contributed by atoms with Gasteiger partial charge >= 0.3 is 0 Å². The molecule has 2 aliphatic rings. The summed E-state index contributed by atoms with van der Waals surface area (Å²) in [5.74, 6) is 0. The third-order valence-corrected chi connectivity index (χ3v) is 14.7. The van der Waals surface area contributed by atoms with Gasteiger partial charge in [0.05, 0.1) is 0 Å². The van der Waals surface area contributed by atoms with Crippen LogP contribution < -0.4 is 10.6 Å². The molecule has 1 aromatic rings. The molecule has 2 nitrogen and oxygen atoms in total. The molecule has 4 heteroatoms. The lowest BCUT2D eigenvalue weighted by Gasteiger charge is -2.36. The van der Waals surface area contributed by atoms with E-state index in [-0.39, 0.29) is 0 Å². The first kappa shape index (κ1) is 18.1. The Bertz CT molecular complexity index is 553. The molecule has 0 amide bonds. The summed E-state index contributed by atoms with van der Waals surface area (Å²) in [7, 11) is -1.17. The van der Waals surface area contributed by atoms with E-state index in [1.165, 1.54) is 61.5 Å². The van der Waals surface area contributed by atoms with E-state index in [0.29, 0.717) is 0 Å². The summed E-state index contributed by atoms with van der Waals surface area (Å²) < 4.78 is 0. The van der Waals surface area contributed by atoms with Crippen molar-refractivity contribution in [2.75, 3.05) is 23.7 Å². The predicted octanol–water partition coefficient (Wildman–Crippen LogP) is 4.90. The summed E-state index contributed by atoms with van der Waals surface area (Å²) in [6.45, 7) is 12.1. The highest BCUT2D eigenvalue weighted by Gasteiger charge is 2.31. The second-order valence-corrected chi connectivity index (χ2v) is 16.2. The molecule has 0 fully saturated rings. The topological polar surface area (TPSA) is 24.1 Å². The highest BCUT2D eigenvalue weighted by atomic mass is 28.3. The monoisotopic (exact) mass is 360 g/mol. The van der Waals surface area contributed by atoms with Crippen molar-refractivity contribution in [2.45, 2.75) is 75.8 Å². The van der Waals surface area contributed by atoms with Crippen LogP contribution in [-0.4, -0.2) is 30.7 Å². The van der Waals surface area contributed by atoms with Gasteiger partial charge in [0.25, 0.3) is 0 Å². The fourth-order valence-corrected chi connectivity index (χ4v) is 11.1. The average Bonchev–Trinajstić information content (AvgIpc) is 2.63. The van der Waals surface area contributed by atoms with Crippen LogP contribution >= 0.6 is 0 Å².